The van der Waals surface area contributed by atoms with E-state index in [4.69, 9.17) is 0 Å². The van der Waals surface area contributed by atoms with Gasteiger partial charge in [0, 0.05) is 12.1 Å². The van der Waals surface area contributed by atoms with Crippen molar-refractivity contribution < 1.29 is 4.92 Å². The van der Waals surface area contributed by atoms with Crippen LogP contribution in [0.3, 0.4) is 0 Å². The van der Waals surface area contributed by atoms with Crippen molar-refractivity contribution >= 4 is 11.4 Å². The normalized spacial score (nSPS) is 12.2. The zero-order chi connectivity index (χ0) is 14.3. The van der Waals surface area contributed by atoms with Gasteiger partial charge in [0.25, 0.3) is 5.69 Å². The number of anilines is 1. The molecule has 0 aliphatic rings. The standard InChI is InChI=1S/C15H24N2O2/c1-4-5-6-7-8-13(3)16-14-11-12(2)9-10-15(14)17(18)19/h9-11,13,16H,4-8H2,1-3H3. The van der Waals surface area contributed by atoms with Gasteiger partial charge in [-0.25, -0.2) is 0 Å². The monoisotopic (exact) mass is 264 g/mol. The maximum absolute atomic E-state index is 11.0. The molecule has 1 unspecified atom stereocenters. The SMILES string of the molecule is CCCCCCC(C)Nc1cc(C)ccc1[N+](=O)[O-]. The van der Waals surface area contributed by atoms with Crippen molar-refractivity contribution in [3.8, 4) is 0 Å². The molecule has 1 aromatic carbocycles. The van der Waals surface area contributed by atoms with E-state index in [1.807, 2.05) is 13.0 Å². The van der Waals surface area contributed by atoms with E-state index in [0.29, 0.717) is 5.69 Å². The molecule has 0 aromatic heterocycles. The van der Waals surface area contributed by atoms with Crippen LogP contribution in [0.2, 0.25) is 0 Å². The molecule has 4 nitrogen and oxygen atoms in total. The van der Waals surface area contributed by atoms with E-state index >= 15 is 0 Å². The first-order chi connectivity index (χ1) is 9.04. The number of aryl methyl sites for hydroxylation is 1. The number of unbranched alkanes of at least 4 members (excludes halogenated alkanes) is 3. The maximum atomic E-state index is 11.0. The Hall–Kier alpha value is -1.58. The van der Waals surface area contributed by atoms with Crippen LogP contribution in [0.25, 0.3) is 0 Å². The number of hydrogen-bond acceptors (Lipinski definition) is 3. The fraction of sp³-hybridized carbons (Fsp3) is 0.600. The summed E-state index contributed by atoms with van der Waals surface area (Å²) >= 11 is 0. The van der Waals surface area contributed by atoms with Gasteiger partial charge in [0.15, 0.2) is 0 Å². The second kappa shape index (κ2) is 7.77. The Bertz CT molecular complexity index is 419. The van der Waals surface area contributed by atoms with Gasteiger partial charge in [-0.05, 0) is 31.9 Å². The predicted molar refractivity (Wildman–Crippen MR) is 79.7 cm³/mol. The van der Waals surface area contributed by atoms with Gasteiger partial charge in [-0.15, -0.1) is 0 Å². The van der Waals surface area contributed by atoms with Crippen LogP contribution in [0.15, 0.2) is 18.2 Å². The number of hydrogen-bond donors (Lipinski definition) is 1. The largest absolute Gasteiger partial charge is 0.377 e. The van der Waals surface area contributed by atoms with Crippen LogP contribution >= 0.6 is 0 Å². The zero-order valence-electron chi connectivity index (χ0n) is 12.1. The van der Waals surface area contributed by atoms with Crippen LogP contribution in [-0.4, -0.2) is 11.0 Å². The molecule has 0 saturated carbocycles. The van der Waals surface area contributed by atoms with Crippen molar-refractivity contribution in [2.75, 3.05) is 5.32 Å². The van der Waals surface area contributed by atoms with Crippen LogP contribution in [0, 0.1) is 17.0 Å². The average molecular weight is 264 g/mol. The number of benzene rings is 1. The van der Waals surface area contributed by atoms with Crippen LogP contribution in [0.5, 0.6) is 0 Å². The molecule has 0 bridgehead atoms. The molecule has 0 heterocycles. The van der Waals surface area contributed by atoms with E-state index in [1.54, 1.807) is 12.1 Å². The minimum absolute atomic E-state index is 0.158. The van der Waals surface area contributed by atoms with Crippen molar-refractivity contribution in [2.45, 2.75) is 58.9 Å². The van der Waals surface area contributed by atoms with E-state index in [1.165, 1.54) is 25.7 Å². The van der Waals surface area contributed by atoms with E-state index in [2.05, 4.69) is 19.2 Å². The van der Waals surface area contributed by atoms with E-state index in [-0.39, 0.29) is 16.7 Å². The number of nitro benzene ring substituents is 1. The summed E-state index contributed by atoms with van der Waals surface area (Å²) in [4.78, 5) is 10.7. The molecular weight excluding hydrogens is 240 g/mol. The third kappa shape index (κ3) is 5.28. The van der Waals surface area contributed by atoms with Gasteiger partial charge >= 0.3 is 0 Å². The third-order valence-corrected chi connectivity index (χ3v) is 3.24. The molecule has 0 aliphatic heterocycles. The smallest absolute Gasteiger partial charge is 0.292 e. The molecule has 0 aliphatic carbocycles. The van der Waals surface area contributed by atoms with Crippen molar-refractivity contribution in [1.82, 2.24) is 0 Å². The summed E-state index contributed by atoms with van der Waals surface area (Å²) in [6.45, 7) is 6.22. The second-order valence-electron chi connectivity index (χ2n) is 5.17. The summed E-state index contributed by atoms with van der Waals surface area (Å²) in [5, 5.41) is 14.2. The topological polar surface area (TPSA) is 55.2 Å². The molecule has 0 spiro atoms. The van der Waals surface area contributed by atoms with Gasteiger partial charge in [-0.2, -0.15) is 0 Å². The summed E-state index contributed by atoms with van der Waals surface area (Å²) in [7, 11) is 0. The lowest BCUT2D eigenvalue weighted by Crippen LogP contribution is -2.16. The highest BCUT2D eigenvalue weighted by Gasteiger charge is 2.14. The minimum Gasteiger partial charge on any atom is -0.377 e. The fourth-order valence-corrected chi connectivity index (χ4v) is 2.14. The highest BCUT2D eigenvalue weighted by molar-refractivity contribution is 5.63. The van der Waals surface area contributed by atoms with Crippen molar-refractivity contribution in [3.05, 3.63) is 33.9 Å². The lowest BCUT2D eigenvalue weighted by Gasteiger charge is -2.15. The first kappa shape index (κ1) is 15.5. The molecule has 1 rings (SSSR count). The Kier molecular flexibility index (Phi) is 6.33. The van der Waals surface area contributed by atoms with Gasteiger partial charge in [0.1, 0.15) is 5.69 Å². The first-order valence-corrected chi connectivity index (χ1v) is 7.06. The maximum Gasteiger partial charge on any atom is 0.292 e. The van der Waals surface area contributed by atoms with Gasteiger partial charge in [0.2, 0.25) is 0 Å². The van der Waals surface area contributed by atoms with Gasteiger partial charge in [-0.1, -0.05) is 38.7 Å². The molecular formula is C15H24N2O2. The predicted octanol–water partition coefficient (Wildman–Crippen LogP) is 4.67. The summed E-state index contributed by atoms with van der Waals surface area (Å²) in [6, 6.07) is 5.45. The number of nitro groups is 1. The average Bonchev–Trinajstić information content (AvgIpc) is 2.34. The number of rotatable bonds is 8. The number of nitrogens with one attached hydrogen (secondary N) is 1. The second-order valence-corrected chi connectivity index (χ2v) is 5.17. The molecule has 0 radical (unpaired) electrons. The van der Waals surface area contributed by atoms with E-state index < -0.39 is 0 Å². The van der Waals surface area contributed by atoms with E-state index in [9.17, 15) is 10.1 Å². The number of nitrogens with zero attached hydrogens (tertiary/aromatic N) is 1. The van der Waals surface area contributed by atoms with Gasteiger partial charge in [0.05, 0.1) is 4.92 Å². The minimum atomic E-state index is -0.328. The molecule has 1 atom stereocenters. The Labute approximate surface area is 115 Å². The molecule has 19 heavy (non-hydrogen) atoms. The van der Waals surface area contributed by atoms with Gasteiger partial charge in [-0.3, -0.25) is 10.1 Å². The van der Waals surface area contributed by atoms with Crippen molar-refractivity contribution in [1.29, 1.82) is 0 Å². The third-order valence-electron chi connectivity index (χ3n) is 3.24. The van der Waals surface area contributed by atoms with Crippen LogP contribution < -0.4 is 5.32 Å². The Balaban J connectivity index is 2.60. The zero-order valence-corrected chi connectivity index (χ0v) is 12.1. The van der Waals surface area contributed by atoms with Crippen molar-refractivity contribution in [3.63, 3.8) is 0 Å². The van der Waals surface area contributed by atoms with Crippen LogP contribution in [0.4, 0.5) is 11.4 Å². The summed E-state index contributed by atoms with van der Waals surface area (Å²) < 4.78 is 0. The molecule has 4 heteroatoms. The molecule has 0 saturated heterocycles. The van der Waals surface area contributed by atoms with Crippen LogP contribution in [0.1, 0.15) is 51.5 Å². The Morgan fingerprint density at radius 2 is 2.05 bits per heavy atom. The summed E-state index contributed by atoms with van der Waals surface area (Å²) in [5.41, 5.74) is 1.82. The van der Waals surface area contributed by atoms with Crippen LogP contribution in [-0.2, 0) is 0 Å². The summed E-state index contributed by atoms with van der Waals surface area (Å²) in [6.07, 6.45) is 5.94. The highest BCUT2D eigenvalue weighted by Crippen LogP contribution is 2.26. The molecule has 106 valence electrons. The molecule has 0 fully saturated rings. The molecule has 0 amide bonds. The Morgan fingerprint density at radius 1 is 1.32 bits per heavy atom. The summed E-state index contributed by atoms with van der Waals surface area (Å²) in [5.74, 6) is 0. The Morgan fingerprint density at radius 3 is 2.68 bits per heavy atom. The quantitative estimate of drug-likeness (QED) is 0.421. The lowest BCUT2D eigenvalue weighted by molar-refractivity contribution is -0.384. The van der Waals surface area contributed by atoms with E-state index in [0.717, 1.165) is 12.0 Å². The first-order valence-electron chi connectivity index (χ1n) is 7.06. The lowest BCUT2D eigenvalue weighted by atomic mass is 10.1. The van der Waals surface area contributed by atoms with Gasteiger partial charge < -0.3 is 5.32 Å². The highest BCUT2D eigenvalue weighted by atomic mass is 16.6. The van der Waals surface area contributed by atoms with Crippen molar-refractivity contribution in [2.24, 2.45) is 0 Å². The fourth-order valence-electron chi connectivity index (χ4n) is 2.14. The molecule has 1 aromatic rings. The molecule has 1 N–H and O–H groups in total.